The Labute approximate surface area is 76.7 Å². The average Bonchev–Trinajstić information content (AvgIpc) is 2.31. The molecule has 0 saturated heterocycles. The third-order valence-electron chi connectivity index (χ3n) is 4.27. The van der Waals surface area contributed by atoms with Gasteiger partial charge >= 0.3 is 0 Å². The van der Waals surface area contributed by atoms with Gasteiger partial charge in [-0.3, -0.25) is 0 Å². The Morgan fingerprint density at radius 3 is 2.58 bits per heavy atom. The van der Waals surface area contributed by atoms with Gasteiger partial charge in [-0.05, 0) is 42.9 Å². The van der Waals surface area contributed by atoms with Gasteiger partial charge in [0.25, 0.3) is 0 Å². The maximum Gasteiger partial charge on any atom is -0.0360 e. The Kier molecular flexibility index (Phi) is 2.43. The van der Waals surface area contributed by atoms with Crippen molar-refractivity contribution in [1.82, 2.24) is 0 Å². The highest BCUT2D eigenvalue weighted by Crippen LogP contribution is 2.45. The number of rotatable bonds is 0. The molecule has 2 saturated carbocycles. The van der Waals surface area contributed by atoms with Gasteiger partial charge in [0.15, 0.2) is 0 Å². The predicted molar refractivity (Wildman–Crippen MR) is 53.0 cm³/mol. The highest BCUT2D eigenvalue weighted by molar-refractivity contribution is 4.85. The van der Waals surface area contributed by atoms with Gasteiger partial charge in [0.1, 0.15) is 0 Å². The Bertz CT molecular complexity index is 150. The zero-order valence-electron chi connectivity index (χ0n) is 8.55. The fourth-order valence-corrected chi connectivity index (χ4v) is 3.52. The van der Waals surface area contributed by atoms with Crippen LogP contribution in [-0.4, -0.2) is 0 Å². The van der Waals surface area contributed by atoms with E-state index in [4.69, 9.17) is 0 Å². The van der Waals surface area contributed by atoms with Gasteiger partial charge in [-0.15, -0.1) is 0 Å². The summed E-state index contributed by atoms with van der Waals surface area (Å²) in [6.07, 6.45) is 9.13. The van der Waals surface area contributed by atoms with Gasteiger partial charge < -0.3 is 0 Å². The first kappa shape index (κ1) is 8.59. The molecule has 0 amide bonds. The van der Waals surface area contributed by atoms with E-state index in [0.29, 0.717) is 0 Å². The van der Waals surface area contributed by atoms with Crippen LogP contribution in [0.3, 0.4) is 0 Å². The van der Waals surface area contributed by atoms with Crippen LogP contribution in [0.25, 0.3) is 0 Å². The lowest BCUT2D eigenvalue weighted by atomic mass is 9.85. The van der Waals surface area contributed by atoms with E-state index >= 15 is 0 Å². The van der Waals surface area contributed by atoms with Crippen molar-refractivity contribution in [3.63, 3.8) is 0 Å². The SMILES string of the molecule is CC1CCCC2C(C)CCC2C1. The second kappa shape index (κ2) is 3.40. The van der Waals surface area contributed by atoms with Gasteiger partial charge in [-0.2, -0.15) is 0 Å². The second-order valence-electron chi connectivity index (χ2n) is 5.25. The summed E-state index contributed by atoms with van der Waals surface area (Å²) in [5.41, 5.74) is 0. The Morgan fingerprint density at radius 2 is 1.75 bits per heavy atom. The second-order valence-corrected chi connectivity index (χ2v) is 5.25. The molecule has 12 heavy (non-hydrogen) atoms. The highest BCUT2D eigenvalue weighted by atomic mass is 14.4. The van der Waals surface area contributed by atoms with Gasteiger partial charge in [0.05, 0.1) is 0 Å². The van der Waals surface area contributed by atoms with E-state index in [9.17, 15) is 0 Å². The van der Waals surface area contributed by atoms with Crippen LogP contribution >= 0.6 is 0 Å². The molecule has 0 radical (unpaired) electrons. The molecule has 0 nitrogen and oxygen atoms in total. The minimum atomic E-state index is 1.02. The first-order valence-corrected chi connectivity index (χ1v) is 5.77. The number of hydrogen-bond donors (Lipinski definition) is 0. The Hall–Kier alpha value is 0. The summed E-state index contributed by atoms with van der Waals surface area (Å²) in [6, 6.07) is 0. The third kappa shape index (κ3) is 1.53. The zero-order chi connectivity index (χ0) is 8.55. The molecule has 0 aromatic rings. The molecule has 0 bridgehead atoms. The van der Waals surface area contributed by atoms with E-state index in [-0.39, 0.29) is 0 Å². The molecule has 2 fully saturated rings. The van der Waals surface area contributed by atoms with Crippen molar-refractivity contribution in [2.24, 2.45) is 23.7 Å². The molecule has 0 spiro atoms. The smallest absolute Gasteiger partial charge is 0.0360 e. The summed E-state index contributed by atoms with van der Waals surface area (Å²) in [5, 5.41) is 0. The molecule has 2 rings (SSSR count). The van der Waals surface area contributed by atoms with E-state index < -0.39 is 0 Å². The Morgan fingerprint density at radius 1 is 0.917 bits per heavy atom. The summed E-state index contributed by atoms with van der Waals surface area (Å²) < 4.78 is 0. The topological polar surface area (TPSA) is 0 Å². The molecule has 4 atom stereocenters. The molecular weight excluding hydrogens is 144 g/mol. The van der Waals surface area contributed by atoms with Crippen LogP contribution < -0.4 is 0 Å². The quantitative estimate of drug-likeness (QED) is 0.512. The minimum absolute atomic E-state index is 1.02. The van der Waals surface area contributed by atoms with Gasteiger partial charge in [0.2, 0.25) is 0 Å². The van der Waals surface area contributed by atoms with Gasteiger partial charge in [-0.25, -0.2) is 0 Å². The molecule has 0 aromatic heterocycles. The van der Waals surface area contributed by atoms with Crippen molar-refractivity contribution in [1.29, 1.82) is 0 Å². The van der Waals surface area contributed by atoms with E-state index in [1.165, 1.54) is 38.5 Å². The lowest BCUT2D eigenvalue weighted by molar-refractivity contribution is 0.297. The van der Waals surface area contributed by atoms with Crippen LogP contribution in [-0.2, 0) is 0 Å². The normalized spacial score (nSPS) is 48.5. The molecule has 0 aromatic carbocycles. The lowest BCUT2D eigenvalue weighted by Gasteiger charge is -2.20. The Balaban J connectivity index is 2.02. The summed E-state index contributed by atoms with van der Waals surface area (Å²) in [7, 11) is 0. The summed E-state index contributed by atoms with van der Waals surface area (Å²) >= 11 is 0. The fraction of sp³-hybridized carbons (Fsp3) is 1.00. The largest absolute Gasteiger partial charge is 0.0625 e. The standard InChI is InChI=1S/C12H22/c1-9-4-3-5-12-10(2)6-7-11(12)8-9/h9-12H,3-8H2,1-2H3. The summed E-state index contributed by atoms with van der Waals surface area (Å²) in [5.74, 6) is 4.28. The molecule has 0 N–H and O–H groups in total. The molecule has 0 heterocycles. The van der Waals surface area contributed by atoms with Crippen molar-refractivity contribution < 1.29 is 0 Å². The maximum atomic E-state index is 2.47. The third-order valence-corrected chi connectivity index (χ3v) is 4.27. The molecular formula is C12H22. The zero-order valence-corrected chi connectivity index (χ0v) is 8.55. The van der Waals surface area contributed by atoms with Crippen molar-refractivity contribution in [3.05, 3.63) is 0 Å². The summed E-state index contributed by atoms with van der Waals surface area (Å²) in [6.45, 7) is 4.92. The van der Waals surface area contributed by atoms with Crippen LogP contribution in [0, 0.1) is 23.7 Å². The van der Waals surface area contributed by atoms with E-state index in [2.05, 4.69) is 13.8 Å². The van der Waals surface area contributed by atoms with Crippen LogP contribution in [0.5, 0.6) is 0 Å². The predicted octanol–water partition coefficient (Wildman–Crippen LogP) is 3.86. The summed E-state index contributed by atoms with van der Waals surface area (Å²) in [4.78, 5) is 0. The van der Waals surface area contributed by atoms with Crippen LogP contribution in [0.2, 0.25) is 0 Å². The molecule has 4 unspecified atom stereocenters. The van der Waals surface area contributed by atoms with Crippen molar-refractivity contribution in [2.45, 2.75) is 52.4 Å². The van der Waals surface area contributed by atoms with Crippen LogP contribution in [0.4, 0.5) is 0 Å². The van der Waals surface area contributed by atoms with Gasteiger partial charge in [-0.1, -0.05) is 33.1 Å². The first-order chi connectivity index (χ1) is 5.77. The van der Waals surface area contributed by atoms with E-state index in [0.717, 1.165) is 23.7 Å². The van der Waals surface area contributed by atoms with Gasteiger partial charge in [0, 0.05) is 0 Å². The molecule has 0 aliphatic heterocycles. The molecule has 70 valence electrons. The van der Waals surface area contributed by atoms with Crippen LogP contribution in [0.1, 0.15) is 52.4 Å². The average molecular weight is 166 g/mol. The lowest BCUT2D eigenvalue weighted by Crippen LogP contribution is -2.12. The van der Waals surface area contributed by atoms with E-state index in [1.54, 1.807) is 0 Å². The van der Waals surface area contributed by atoms with Crippen molar-refractivity contribution in [2.75, 3.05) is 0 Å². The van der Waals surface area contributed by atoms with E-state index in [1.807, 2.05) is 0 Å². The maximum absolute atomic E-state index is 2.47. The number of hydrogen-bond acceptors (Lipinski definition) is 0. The molecule has 0 heteroatoms. The van der Waals surface area contributed by atoms with Crippen molar-refractivity contribution in [3.8, 4) is 0 Å². The minimum Gasteiger partial charge on any atom is -0.0625 e. The van der Waals surface area contributed by atoms with Crippen LogP contribution in [0.15, 0.2) is 0 Å². The monoisotopic (exact) mass is 166 g/mol. The fourth-order valence-electron chi connectivity index (χ4n) is 3.52. The molecule has 2 aliphatic carbocycles. The molecule has 2 aliphatic rings. The number of fused-ring (bicyclic) bond motifs is 1. The van der Waals surface area contributed by atoms with Crippen molar-refractivity contribution >= 4 is 0 Å². The highest BCUT2D eigenvalue weighted by Gasteiger charge is 2.35. The first-order valence-electron chi connectivity index (χ1n) is 5.77.